The van der Waals surface area contributed by atoms with Gasteiger partial charge in [0.15, 0.2) is 11.5 Å². The van der Waals surface area contributed by atoms with Crippen LogP contribution in [-0.2, 0) is 19.6 Å². The summed E-state index contributed by atoms with van der Waals surface area (Å²) in [5.41, 5.74) is 1.91. The van der Waals surface area contributed by atoms with E-state index >= 15 is 0 Å². The molecule has 0 spiro atoms. The highest BCUT2D eigenvalue weighted by molar-refractivity contribution is 7.92. The standard InChI is InChI=1S/C24H25N3O6S/c1-2-31-24(28)16-10-12-27(15-16)19-9-8-18(17-5-4-11-25-22(17)19)26-34(29,30)21-7-3-6-20-23(21)33-14-13-32-20/h3-9,11,16,26H,2,10,12-15H2,1H3/t16-/m1/s1. The van der Waals surface area contributed by atoms with Crippen LogP contribution in [0, 0.1) is 5.92 Å². The molecule has 10 heteroatoms. The predicted octanol–water partition coefficient (Wildman–Crippen LogP) is 3.20. The molecule has 0 unspecified atom stereocenters. The summed E-state index contributed by atoms with van der Waals surface area (Å²) >= 11 is 0. The van der Waals surface area contributed by atoms with Crippen molar-refractivity contribution in [2.45, 2.75) is 18.2 Å². The van der Waals surface area contributed by atoms with Gasteiger partial charge in [0.2, 0.25) is 0 Å². The van der Waals surface area contributed by atoms with Gasteiger partial charge in [0.05, 0.1) is 29.4 Å². The average Bonchev–Trinajstić information content (AvgIpc) is 3.34. The lowest BCUT2D eigenvalue weighted by Crippen LogP contribution is -2.24. The molecule has 5 rings (SSSR count). The van der Waals surface area contributed by atoms with Gasteiger partial charge in [0.25, 0.3) is 10.0 Å². The third-order valence-electron chi connectivity index (χ3n) is 5.96. The number of nitrogens with zero attached hydrogens (tertiary/aromatic N) is 2. The van der Waals surface area contributed by atoms with Gasteiger partial charge in [-0.3, -0.25) is 14.5 Å². The van der Waals surface area contributed by atoms with Crippen LogP contribution in [-0.4, -0.2) is 52.3 Å². The van der Waals surface area contributed by atoms with Crippen molar-refractivity contribution in [2.75, 3.05) is 42.5 Å². The molecule has 0 radical (unpaired) electrons. The number of sulfonamides is 1. The Morgan fingerprint density at radius 2 is 2.03 bits per heavy atom. The number of aromatic nitrogens is 1. The predicted molar refractivity (Wildman–Crippen MR) is 127 cm³/mol. The van der Waals surface area contributed by atoms with Crippen LogP contribution in [0.4, 0.5) is 11.4 Å². The molecule has 2 aliphatic rings. The molecule has 3 aromatic rings. The second-order valence-corrected chi connectivity index (χ2v) is 9.75. The van der Waals surface area contributed by atoms with Crippen LogP contribution < -0.4 is 19.1 Å². The van der Waals surface area contributed by atoms with Crippen molar-refractivity contribution < 1.29 is 27.4 Å². The summed E-state index contributed by atoms with van der Waals surface area (Å²) in [6, 6.07) is 11.9. The fourth-order valence-corrected chi connectivity index (χ4v) is 5.63. The maximum Gasteiger partial charge on any atom is 0.310 e. The molecule has 0 amide bonds. The summed E-state index contributed by atoms with van der Waals surface area (Å²) in [7, 11) is -3.96. The highest BCUT2D eigenvalue weighted by Crippen LogP contribution is 2.39. The maximum atomic E-state index is 13.3. The number of para-hydroxylation sites is 1. The van der Waals surface area contributed by atoms with Crippen molar-refractivity contribution in [3.63, 3.8) is 0 Å². The molecule has 34 heavy (non-hydrogen) atoms. The molecule has 178 valence electrons. The zero-order valence-corrected chi connectivity index (χ0v) is 19.5. The van der Waals surface area contributed by atoms with E-state index in [1.54, 1.807) is 37.4 Å². The zero-order valence-electron chi connectivity index (χ0n) is 18.7. The van der Waals surface area contributed by atoms with E-state index in [2.05, 4.69) is 14.6 Å². The Kier molecular flexibility index (Phi) is 5.91. The Morgan fingerprint density at radius 3 is 2.88 bits per heavy atom. The van der Waals surface area contributed by atoms with Crippen LogP contribution in [0.2, 0.25) is 0 Å². The molecule has 2 aromatic carbocycles. The number of anilines is 2. The Labute approximate surface area is 197 Å². The van der Waals surface area contributed by atoms with Crippen LogP contribution in [0.1, 0.15) is 13.3 Å². The number of carbonyl (C=O) groups excluding carboxylic acids is 1. The zero-order chi connectivity index (χ0) is 23.7. The molecule has 3 heterocycles. The van der Waals surface area contributed by atoms with Crippen molar-refractivity contribution in [3.05, 3.63) is 48.7 Å². The summed E-state index contributed by atoms with van der Waals surface area (Å²) < 4.78 is 45.6. The molecule has 0 saturated carbocycles. The normalized spacial score (nSPS) is 17.6. The Hall–Kier alpha value is -3.53. The lowest BCUT2D eigenvalue weighted by molar-refractivity contribution is -0.147. The molecule has 1 saturated heterocycles. The van der Waals surface area contributed by atoms with E-state index in [1.165, 1.54) is 6.07 Å². The van der Waals surface area contributed by atoms with Crippen molar-refractivity contribution >= 4 is 38.3 Å². The van der Waals surface area contributed by atoms with E-state index in [0.29, 0.717) is 55.1 Å². The third-order valence-corrected chi connectivity index (χ3v) is 7.35. The second kappa shape index (κ2) is 9.02. The number of hydrogen-bond donors (Lipinski definition) is 1. The van der Waals surface area contributed by atoms with Gasteiger partial charge in [-0.15, -0.1) is 0 Å². The van der Waals surface area contributed by atoms with E-state index in [0.717, 1.165) is 5.69 Å². The van der Waals surface area contributed by atoms with Crippen molar-refractivity contribution in [3.8, 4) is 11.5 Å². The quantitative estimate of drug-likeness (QED) is 0.533. The van der Waals surface area contributed by atoms with Crippen LogP contribution in [0.3, 0.4) is 0 Å². The minimum atomic E-state index is -3.96. The molecule has 1 aromatic heterocycles. The molecule has 1 atom stereocenters. The molecule has 1 N–H and O–H groups in total. The maximum absolute atomic E-state index is 13.3. The van der Waals surface area contributed by atoms with Crippen LogP contribution in [0.25, 0.3) is 10.9 Å². The summed E-state index contributed by atoms with van der Waals surface area (Å²) in [6.07, 6.45) is 2.37. The first-order valence-corrected chi connectivity index (χ1v) is 12.7. The van der Waals surface area contributed by atoms with E-state index in [4.69, 9.17) is 14.2 Å². The number of pyridine rings is 1. The smallest absolute Gasteiger partial charge is 0.310 e. The molecule has 1 fully saturated rings. The highest BCUT2D eigenvalue weighted by atomic mass is 32.2. The third kappa shape index (κ3) is 4.09. The minimum Gasteiger partial charge on any atom is -0.486 e. The number of fused-ring (bicyclic) bond motifs is 2. The van der Waals surface area contributed by atoms with Gasteiger partial charge in [-0.2, -0.15) is 0 Å². The van der Waals surface area contributed by atoms with Crippen LogP contribution >= 0.6 is 0 Å². The van der Waals surface area contributed by atoms with Gasteiger partial charge in [0, 0.05) is 24.7 Å². The largest absolute Gasteiger partial charge is 0.486 e. The molecule has 0 bridgehead atoms. The number of hydrogen-bond acceptors (Lipinski definition) is 8. The fraction of sp³-hybridized carbons (Fsp3) is 0.333. The first kappa shape index (κ1) is 22.3. The minimum absolute atomic E-state index is 0.0163. The molecule has 9 nitrogen and oxygen atoms in total. The molecular formula is C24H25N3O6S. The fourth-order valence-electron chi connectivity index (χ4n) is 4.39. The SMILES string of the molecule is CCOC(=O)[C@@H]1CCN(c2ccc(NS(=O)(=O)c3cccc4c3OCCO4)c3cccnc23)C1. The van der Waals surface area contributed by atoms with E-state index in [-0.39, 0.29) is 29.1 Å². The Bertz CT molecular complexity index is 1340. The molecular weight excluding hydrogens is 458 g/mol. The number of carbonyl (C=O) groups is 1. The molecule has 2 aliphatic heterocycles. The summed E-state index contributed by atoms with van der Waals surface area (Å²) in [5.74, 6) is 0.232. The van der Waals surface area contributed by atoms with Crippen molar-refractivity contribution in [1.82, 2.24) is 4.98 Å². The number of ether oxygens (including phenoxy) is 3. The highest BCUT2D eigenvalue weighted by Gasteiger charge is 2.31. The van der Waals surface area contributed by atoms with E-state index in [1.807, 2.05) is 12.1 Å². The Balaban J connectivity index is 1.47. The van der Waals surface area contributed by atoms with Crippen LogP contribution in [0.5, 0.6) is 11.5 Å². The topological polar surface area (TPSA) is 107 Å². The second-order valence-electron chi connectivity index (χ2n) is 8.10. The average molecular weight is 484 g/mol. The van der Waals surface area contributed by atoms with Gasteiger partial charge in [-0.1, -0.05) is 6.07 Å². The number of esters is 1. The van der Waals surface area contributed by atoms with Gasteiger partial charge >= 0.3 is 5.97 Å². The van der Waals surface area contributed by atoms with E-state index in [9.17, 15) is 13.2 Å². The Morgan fingerprint density at radius 1 is 1.18 bits per heavy atom. The first-order valence-electron chi connectivity index (χ1n) is 11.2. The molecule has 0 aliphatic carbocycles. The van der Waals surface area contributed by atoms with Gasteiger partial charge in [0.1, 0.15) is 18.1 Å². The van der Waals surface area contributed by atoms with Gasteiger partial charge in [-0.25, -0.2) is 8.42 Å². The monoisotopic (exact) mass is 483 g/mol. The van der Waals surface area contributed by atoms with Gasteiger partial charge < -0.3 is 19.1 Å². The van der Waals surface area contributed by atoms with Crippen molar-refractivity contribution in [1.29, 1.82) is 0 Å². The number of nitrogens with one attached hydrogen (secondary N) is 1. The summed E-state index contributed by atoms with van der Waals surface area (Å²) in [6.45, 7) is 4.03. The number of rotatable bonds is 6. The van der Waals surface area contributed by atoms with Gasteiger partial charge in [-0.05, 0) is 49.7 Å². The first-order chi connectivity index (χ1) is 16.5. The lowest BCUT2D eigenvalue weighted by atomic mass is 10.1. The summed E-state index contributed by atoms with van der Waals surface area (Å²) in [5, 5.41) is 0.658. The van der Waals surface area contributed by atoms with Crippen molar-refractivity contribution in [2.24, 2.45) is 5.92 Å². The van der Waals surface area contributed by atoms with Crippen LogP contribution in [0.15, 0.2) is 53.6 Å². The van der Waals surface area contributed by atoms with E-state index < -0.39 is 10.0 Å². The summed E-state index contributed by atoms with van der Waals surface area (Å²) in [4.78, 5) is 18.8. The lowest BCUT2D eigenvalue weighted by Gasteiger charge is -2.22. The number of benzene rings is 2.